The van der Waals surface area contributed by atoms with Gasteiger partial charge in [0.05, 0.1) is 7.11 Å². The molecule has 0 aliphatic carbocycles. The number of benzene rings is 1. The number of aliphatic carboxylic acids is 1. The van der Waals surface area contributed by atoms with Crippen molar-refractivity contribution in [2.45, 2.75) is 19.9 Å². The SMILES string of the molecule is COc1ccc(C(NC(=O)C(C)C)C(=O)O)cc1. The lowest BCUT2D eigenvalue weighted by Gasteiger charge is -2.16. The lowest BCUT2D eigenvalue weighted by Crippen LogP contribution is -2.36. The first-order valence-electron chi connectivity index (χ1n) is 5.62. The molecule has 1 rings (SSSR count). The molecule has 1 unspecified atom stereocenters. The molecular formula is C13H17NO4. The number of amides is 1. The van der Waals surface area contributed by atoms with Crippen molar-refractivity contribution in [3.63, 3.8) is 0 Å². The first-order chi connectivity index (χ1) is 8.45. The van der Waals surface area contributed by atoms with Crippen LogP contribution in [-0.2, 0) is 9.59 Å². The van der Waals surface area contributed by atoms with E-state index in [0.717, 1.165) is 0 Å². The van der Waals surface area contributed by atoms with Crippen molar-refractivity contribution in [3.8, 4) is 5.75 Å². The summed E-state index contributed by atoms with van der Waals surface area (Å²) in [6.07, 6.45) is 0. The van der Waals surface area contributed by atoms with E-state index in [1.54, 1.807) is 38.1 Å². The van der Waals surface area contributed by atoms with Crippen LogP contribution in [-0.4, -0.2) is 24.1 Å². The van der Waals surface area contributed by atoms with E-state index in [1.807, 2.05) is 0 Å². The highest BCUT2D eigenvalue weighted by Crippen LogP contribution is 2.18. The van der Waals surface area contributed by atoms with Gasteiger partial charge in [-0.3, -0.25) is 4.79 Å². The minimum Gasteiger partial charge on any atom is -0.497 e. The number of carboxylic acid groups (broad SMARTS) is 1. The van der Waals surface area contributed by atoms with Gasteiger partial charge in [-0.2, -0.15) is 0 Å². The van der Waals surface area contributed by atoms with Crippen molar-refractivity contribution < 1.29 is 19.4 Å². The molecule has 1 aromatic rings. The van der Waals surface area contributed by atoms with Gasteiger partial charge in [-0.05, 0) is 17.7 Å². The van der Waals surface area contributed by atoms with Crippen LogP contribution in [0.4, 0.5) is 0 Å². The molecule has 1 atom stereocenters. The van der Waals surface area contributed by atoms with Gasteiger partial charge in [0.2, 0.25) is 5.91 Å². The molecule has 0 aliphatic rings. The predicted octanol–water partition coefficient (Wildman–Crippen LogP) is 1.59. The first kappa shape index (κ1) is 14.0. The van der Waals surface area contributed by atoms with Gasteiger partial charge in [0.15, 0.2) is 6.04 Å². The summed E-state index contributed by atoms with van der Waals surface area (Å²) in [5.74, 6) is -1.00. The molecule has 0 spiro atoms. The molecule has 18 heavy (non-hydrogen) atoms. The quantitative estimate of drug-likeness (QED) is 0.833. The van der Waals surface area contributed by atoms with Gasteiger partial charge < -0.3 is 15.2 Å². The van der Waals surface area contributed by atoms with Crippen LogP contribution in [0.1, 0.15) is 25.5 Å². The number of methoxy groups -OCH3 is 1. The Balaban J connectivity index is 2.90. The average molecular weight is 251 g/mol. The van der Waals surface area contributed by atoms with Gasteiger partial charge in [0, 0.05) is 5.92 Å². The van der Waals surface area contributed by atoms with Crippen LogP contribution < -0.4 is 10.1 Å². The number of ether oxygens (including phenoxy) is 1. The Hall–Kier alpha value is -2.04. The molecule has 1 aromatic carbocycles. The van der Waals surface area contributed by atoms with Gasteiger partial charge >= 0.3 is 5.97 Å². The fraction of sp³-hybridized carbons (Fsp3) is 0.385. The fourth-order valence-corrected chi connectivity index (χ4v) is 1.39. The maximum Gasteiger partial charge on any atom is 0.330 e. The molecule has 2 N–H and O–H groups in total. The van der Waals surface area contributed by atoms with Crippen molar-refractivity contribution in [2.75, 3.05) is 7.11 Å². The molecule has 0 radical (unpaired) electrons. The third-order valence-electron chi connectivity index (χ3n) is 2.51. The summed E-state index contributed by atoms with van der Waals surface area (Å²) >= 11 is 0. The summed E-state index contributed by atoms with van der Waals surface area (Å²) in [6.45, 7) is 3.42. The first-order valence-corrected chi connectivity index (χ1v) is 5.62. The maximum atomic E-state index is 11.6. The molecule has 98 valence electrons. The van der Waals surface area contributed by atoms with Crippen molar-refractivity contribution in [1.29, 1.82) is 0 Å². The standard InChI is InChI=1S/C13H17NO4/c1-8(2)12(15)14-11(13(16)17)9-4-6-10(18-3)7-5-9/h4-8,11H,1-3H3,(H,14,15)(H,16,17). The number of carboxylic acids is 1. The highest BCUT2D eigenvalue weighted by atomic mass is 16.5. The summed E-state index contributed by atoms with van der Waals surface area (Å²) in [5, 5.41) is 11.6. The van der Waals surface area contributed by atoms with Gasteiger partial charge in [0.1, 0.15) is 5.75 Å². The summed E-state index contributed by atoms with van der Waals surface area (Å²) in [4.78, 5) is 22.7. The summed E-state index contributed by atoms with van der Waals surface area (Å²) < 4.78 is 4.99. The van der Waals surface area contributed by atoms with Crippen LogP contribution in [0.25, 0.3) is 0 Å². The lowest BCUT2D eigenvalue weighted by atomic mass is 10.1. The number of hydrogen-bond donors (Lipinski definition) is 2. The van der Waals surface area contributed by atoms with Gasteiger partial charge in [-0.15, -0.1) is 0 Å². The zero-order chi connectivity index (χ0) is 13.7. The van der Waals surface area contributed by atoms with Crippen LogP contribution in [0, 0.1) is 5.92 Å². The highest BCUT2D eigenvalue weighted by molar-refractivity contribution is 5.85. The Morgan fingerprint density at radius 3 is 2.17 bits per heavy atom. The minimum absolute atomic E-state index is 0.259. The zero-order valence-corrected chi connectivity index (χ0v) is 10.6. The molecule has 0 aromatic heterocycles. The monoisotopic (exact) mass is 251 g/mol. The molecule has 0 fully saturated rings. The van der Waals surface area contributed by atoms with Crippen LogP contribution in [0.2, 0.25) is 0 Å². The van der Waals surface area contributed by atoms with E-state index in [4.69, 9.17) is 9.84 Å². The molecule has 0 aliphatic heterocycles. The van der Waals surface area contributed by atoms with E-state index < -0.39 is 12.0 Å². The second-order valence-corrected chi connectivity index (χ2v) is 4.21. The Labute approximate surface area is 106 Å². The Bertz CT molecular complexity index is 425. The maximum absolute atomic E-state index is 11.6. The smallest absolute Gasteiger partial charge is 0.330 e. The van der Waals surface area contributed by atoms with Gasteiger partial charge in [-0.25, -0.2) is 4.79 Å². The molecule has 5 nitrogen and oxygen atoms in total. The molecule has 0 saturated heterocycles. The van der Waals surface area contributed by atoms with E-state index >= 15 is 0 Å². The summed E-state index contributed by atoms with van der Waals surface area (Å²) in [6, 6.07) is 5.53. The van der Waals surface area contributed by atoms with E-state index in [1.165, 1.54) is 7.11 Å². The van der Waals surface area contributed by atoms with Crippen molar-refractivity contribution in [3.05, 3.63) is 29.8 Å². The Morgan fingerprint density at radius 2 is 1.78 bits per heavy atom. The lowest BCUT2D eigenvalue weighted by molar-refractivity contribution is -0.142. The number of carbonyl (C=O) groups is 2. The normalized spacial score (nSPS) is 12.0. The zero-order valence-electron chi connectivity index (χ0n) is 10.6. The Kier molecular flexibility index (Phi) is 4.71. The highest BCUT2D eigenvalue weighted by Gasteiger charge is 2.23. The number of hydrogen-bond acceptors (Lipinski definition) is 3. The summed E-state index contributed by atoms with van der Waals surface area (Å²) in [7, 11) is 1.53. The van der Waals surface area contributed by atoms with E-state index in [0.29, 0.717) is 11.3 Å². The predicted molar refractivity (Wildman–Crippen MR) is 66.4 cm³/mol. The molecule has 5 heteroatoms. The van der Waals surface area contributed by atoms with Crippen molar-refractivity contribution in [1.82, 2.24) is 5.32 Å². The fourth-order valence-electron chi connectivity index (χ4n) is 1.39. The Morgan fingerprint density at radius 1 is 1.22 bits per heavy atom. The number of rotatable bonds is 5. The molecule has 0 saturated carbocycles. The second-order valence-electron chi connectivity index (χ2n) is 4.21. The van der Waals surface area contributed by atoms with Crippen LogP contribution in [0.5, 0.6) is 5.75 Å². The molecule has 1 amide bonds. The minimum atomic E-state index is -1.09. The van der Waals surface area contributed by atoms with Crippen LogP contribution in [0.15, 0.2) is 24.3 Å². The van der Waals surface area contributed by atoms with Crippen LogP contribution >= 0.6 is 0 Å². The number of carbonyl (C=O) groups excluding carboxylic acids is 1. The van der Waals surface area contributed by atoms with Crippen molar-refractivity contribution >= 4 is 11.9 Å². The topological polar surface area (TPSA) is 75.6 Å². The molecule has 0 heterocycles. The average Bonchev–Trinajstić information content (AvgIpc) is 2.35. The number of nitrogens with one attached hydrogen (secondary N) is 1. The van der Waals surface area contributed by atoms with Gasteiger partial charge in [0.25, 0.3) is 0 Å². The van der Waals surface area contributed by atoms with Crippen LogP contribution in [0.3, 0.4) is 0 Å². The van der Waals surface area contributed by atoms with Gasteiger partial charge in [-0.1, -0.05) is 26.0 Å². The van der Waals surface area contributed by atoms with E-state index in [-0.39, 0.29) is 11.8 Å². The third-order valence-corrected chi connectivity index (χ3v) is 2.51. The van der Waals surface area contributed by atoms with E-state index in [2.05, 4.69) is 5.32 Å². The van der Waals surface area contributed by atoms with E-state index in [9.17, 15) is 9.59 Å². The molecule has 0 bridgehead atoms. The molecular weight excluding hydrogens is 234 g/mol. The second kappa shape index (κ2) is 6.05. The largest absolute Gasteiger partial charge is 0.497 e. The van der Waals surface area contributed by atoms with Crippen molar-refractivity contribution in [2.24, 2.45) is 5.92 Å². The third kappa shape index (κ3) is 3.48. The summed E-state index contributed by atoms with van der Waals surface area (Å²) in [5.41, 5.74) is 0.511.